The first-order chi connectivity index (χ1) is 7.86. The Labute approximate surface area is 115 Å². The fraction of sp³-hybridized carbons (Fsp3) is 0.417. The van der Waals surface area contributed by atoms with Gasteiger partial charge in [0.25, 0.3) is 0 Å². The highest BCUT2D eigenvalue weighted by Crippen LogP contribution is 2.33. The summed E-state index contributed by atoms with van der Waals surface area (Å²) < 4.78 is 6.30. The molecule has 0 unspecified atom stereocenters. The minimum absolute atomic E-state index is 0.264. The predicted molar refractivity (Wildman–Crippen MR) is 73.0 cm³/mol. The Kier molecular flexibility index (Phi) is 4.83. The number of methoxy groups -OCH3 is 1. The van der Waals surface area contributed by atoms with E-state index in [1.165, 1.54) is 0 Å². The van der Waals surface area contributed by atoms with Crippen molar-refractivity contribution in [3.05, 3.63) is 28.2 Å². The Bertz CT molecular complexity index is 421. The summed E-state index contributed by atoms with van der Waals surface area (Å²) in [6.07, 6.45) is 0. The largest absolute Gasteiger partial charge is 0.496 e. The minimum Gasteiger partial charge on any atom is -0.496 e. The van der Waals surface area contributed by atoms with Gasteiger partial charge in [-0.25, -0.2) is 0 Å². The molecule has 0 spiro atoms. The Morgan fingerprint density at radius 1 is 1.53 bits per heavy atom. The number of rotatable bonds is 4. The number of benzene rings is 1. The van der Waals surface area contributed by atoms with E-state index in [-0.39, 0.29) is 5.41 Å². The van der Waals surface area contributed by atoms with Crippen LogP contribution in [-0.2, 0) is 5.41 Å². The standard InChI is InChI=1S/C12H15BrClNO2/c1-12(2,7-15-11(14)16)9-6-8(13)4-5-10(9)17-3/h4-6H,7H2,1-3H3,(H,15,16). The van der Waals surface area contributed by atoms with Crippen molar-refractivity contribution in [3.8, 4) is 5.75 Å². The van der Waals surface area contributed by atoms with E-state index in [9.17, 15) is 4.79 Å². The van der Waals surface area contributed by atoms with Gasteiger partial charge in [0.15, 0.2) is 0 Å². The number of hydrogen-bond donors (Lipinski definition) is 1. The number of amides is 1. The van der Waals surface area contributed by atoms with Crippen molar-refractivity contribution in [2.24, 2.45) is 0 Å². The van der Waals surface area contributed by atoms with E-state index in [1.807, 2.05) is 32.0 Å². The average molecular weight is 321 g/mol. The first kappa shape index (κ1) is 14.3. The molecule has 0 saturated heterocycles. The van der Waals surface area contributed by atoms with E-state index < -0.39 is 5.37 Å². The normalized spacial score (nSPS) is 11.1. The number of hydrogen-bond acceptors (Lipinski definition) is 2. The summed E-state index contributed by atoms with van der Waals surface area (Å²) in [6, 6.07) is 5.79. The Morgan fingerprint density at radius 2 is 2.18 bits per heavy atom. The molecule has 94 valence electrons. The summed E-state index contributed by atoms with van der Waals surface area (Å²) in [6.45, 7) is 4.48. The first-order valence-electron chi connectivity index (χ1n) is 5.14. The SMILES string of the molecule is COc1ccc(Br)cc1C(C)(C)CNC(=O)Cl. The second-order valence-corrected chi connectivity index (χ2v) is 5.61. The molecular formula is C12H15BrClNO2. The summed E-state index contributed by atoms with van der Waals surface area (Å²) in [5.74, 6) is 0.794. The molecule has 5 heteroatoms. The number of carbonyl (C=O) groups is 1. The van der Waals surface area contributed by atoms with Gasteiger partial charge in [-0.1, -0.05) is 29.8 Å². The lowest BCUT2D eigenvalue weighted by Crippen LogP contribution is -2.34. The molecule has 1 N–H and O–H groups in total. The molecule has 0 heterocycles. The summed E-state index contributed by atoms with van der Waals surface area (Å²) >= 11 is 8.71. The van der Waals surface area contributed by atoms with Crippen molar-refractivity contribution >= 4 is 32.9 Å². The molecule has 0 atom stereocenters. The van der Waals surface area contributed by atoms with Crippen LogP contribution in [0.25, 0.3) is 0 Å². The highest BCUT2D eigenvalue weighted by molar-refractivity contribution is 9.10. The highest BCUT2D eigenvalue weighted by atomic mass is 79.9. The third-order valence-corrected chi connectivity index (χ3v) is 3.19. The number of ether oxygens (including phenoxy) is 1. The third-order valence-electron chi connectivity index (χ3n) is 2.56. The van der Waals surface area contributed by atoms with Crippen LogP contribution in [0, 0.1) is 0 Å². The molecule has 3 nitrogen and oxygen atoms in total. The summed E-state index contributed by atoms with van der Waals surface area (Å²) in [7, 11) is 1.63. The lowest BCUT2D eigenvalue weighted by atomic mass is 9.84. The molecule has 0 aliphatic rings. The predicted octanol–water partition coefficient (Wildman–Crippen LogP) is 3.68. The molecule has 17 heavy (non-hydrogen) atoms. The zero-order chi connectivity index (χ0) is 13.1. The van der Waals surface area contributed by atoms with E-state index >= 15 is 0 Å². The van der Waals surface area contributed by atoms with Crippen molar-refractivity contribution in [1.29, 1.82) is 0 Å². The van der Waals surface area contributed by atoms with Crippen molar-refractivity contribution in [3.63, 3.8) is 0 Å². The fourth-order valence-corrected chi connectivity index (χ4v) is 2.02. The lowest BCUT2D eigenvalue weighted by molar-refractivity contribution is 0.257. The van der Waals surface area contributed by atoms with Gasteiger partial charge in [-0.15, -0.1) is 0 Å². The number of nitrogens with one attached hydrogen (secondary N) is 1. The molecule has 1 rings (SSSR count). The van der Waals surface area contributed by atoms with Gasteiger partial charge < -0.3 is 10.1 Å². The van der Waals surface area contributed by atoms with Crippen LogP contribution in [0.5, 0.6) is 5.75 Å². The van der Waals surface area contributed by atoms with Crippen molar-refractivity contribution in [2.45, 2.75) is 19.3 Å². The van der Waals surface area contributed by atoms with Crippen LogP contribution >= 0.6 is 27.5 Å². The third kappa shape index (κ3) is 3.89. The molecule has 0 fully saturated rings. The summed E-state index contributed by atoms with van der Waals surface area (Å²) in [4.78, 5) is 10.8. The van der Waals surface area contributed by atoms with Gasteiger partial charge in [-0.05, 0) is 29.8 Å². The van der Waals surface area contributed by atoms with E-state index in [2.05, 4.69) is 21.2 Å². The molecule has 0 bridgehead atoms. The van der Waals surface area contributed by atoms with E-state index in [1.54, 1.807) is 7.11 Å². The zero-order valence-electron chi connectivity index (χ0n) is 10.0. The van der Waals surface area contributed by atoms with Gasteiger partial charge in [0.1, 0.15) is 5.75 Å². The van der Waals surface area contributed by atoms with Crippen LogP contribution in [0.3, 0.4) is 0 Å². The number of carbonyl (C=O) groups excluding carboxylic acids is 1. The maximum absolute atomic E-state index is 10.8. The second-order valence-electron chi connectivity index (χ2n) is 4.36. The van der Waals surface area contributed by atoms with Gasteiger partial charge in [0.05, 0.1) is 7.11 Å². The van der Waals surface area contributed by atoms with E-state index in [0.29, 0.717) is 6.54 Å². The maximum Gasteiger partial charge on any atom is 0.313 e. The number of halogens is 2. The van der Waals surface area contributed by atoms with Crippen molar-refractivity contribution in [2.75, 3.05) is 13.7 Å². The van der Waals surface area contributed by atoms with Gasteiger partial charge >= 0.3 is 5.37 Å². The Balaban J connectivity index is 3.03. The van der Waals surface area contributed by atoms with Crippen LogP contribution in [0.15, 0.2) is 22.7 Å². The molecule has 1 aromatic rings. The molecule has 0 radical (unpaired) electrons. The van der Waals surface area contributed by atoms with Gasteiger partial charge in [0, 0.05) is 22.0 Å². The quantitative estimate of drug-likeness (QED) is 0.679. The summed E-state index contributed by atoms with van der Waals surface area (Å²) in [5, 5.41) is 2.06. The molecule has 1 aromatic carbocycles. The smallest absolute Gasteiger partial charge is 0.313 e. The van der Waals surface area contributed by atoms with E-state index in [0.717, 1.165) is 15.8 Å². The maximum atomic E-state index is 10.8. The molecule has 0 aliphatic heterocycles. The van der Waals surface area contributed by atoms with Crippen LogP contribution < -0.4 is 10.1 Å². The molecule has 1 amide bonds. The Hall–Kier alpha value is -0.740. The van der Waals surface area contributed by atoms with Crippen LogP contribution in [0.2, 0.25) is 0 Å². The summed E-state index contributed by atoms with van der Waals surface area (Å²) in [5.41, 5.74) is 0.749. The van der Waals surface area contributed by atoms with Crippen LogP contribution in [0.4, 0.5) is 4.79 Å². The van der Waals surface area contributed by atoms with Crippen LogP contribution in [-0.4, -0.2) is 19.0 Å². The topological polar surface area (TPSA) is 38.3 Å². The second kappa shape index (κ2) is 5.74. The minimum atomic E-state index is -0.549. The van der Waals surface area contributed by atoms with E-state index in [4.69, 9.17) is 16.3 Å². The lowest BCUT2D eigenvalue weighted by Gasteiger charge is -2.27. The van der Waals surface area contributed by atoms with Gasteiger partial charge in [0.2, 0.25) is 0 Å². The molecule has 0 aromatic heterocycles. The molecule has 0 saturated carbocycles. The van der Waals surface area contributed by atoms with Gasteiger partial charge in [-0.3, -0.25) is 4.79 Å². The highest BCUT2D eigenvalue weighted by Gasteiger charge is 2.25. The molecule has 0 aliphatic carbocycles. The molecular weight excluding hydrogens is 305 g/mol. The van der Waals surface area contributed by atoms with Crippen molar-refractivity contribution < 1.29 is 9.53 Å². The van der Waals surface area contributed by atoms with Gasteiger partial charge in [-0.2, -0.15) is 0 Å². The fourth-order valence-electron chi connectivity index (χ4n) is 1.59. The van der Waals surface area contributed by atoms with Crippen LogP contribution in [0.1, 0.15) is 19.4 Å². The van der Waals surface area contributed by atoms with Crippen molar-refractivity contribution in [1.82, 2.24) is 5.32 Å². The average Bonchev–Trinajstić information content (AvgIpc) is 2.26. The first-order valence-corrected chi connectivity index (χ1v) is 6.31. The monoisotopic (exact) mass is 319 g/mol. The Morgan fingerprint density at radius 3 is 2.71 bits per heavy atom. The zero-order valence-corrected chi connectivity index (χ0v) is 12.4.